The minimum absolute atomic E-state index is 0. The lowest BCUT2D eigenvalue weighted by Gasteiger charge is -2.15. The van der Waals surface area contributed by atoms with Crippen molar-refractivity contribution in [1.29, 1.82) is 0 Å². The predicted octanol–water partition coefficient (Wildman–Crippen LogP) is 5.36. The Hall–Kier alpha value is -2.02. The molecule has 0 saturated heterocycles. The fourth-order valence-electron chi connectivity index (χ4n) is 2.56. The van der Waals surface area contributed by atoms with Gasteiger partial charge in [-0.3, -0.25) is 0 Å². The summed E-state index contributed by atoms with van der Waals surface area (Å²) in [5.41, 5.74) is 2.92. The van der Waals surface area contributed by atoms with Crippen molar-refractivity contribution in [3.63, 3.8) is 0 Å². The van der Waals surface area contributed by atoms with Gasteiger partial charge in [-0.05, 0) is 50.2 Å². The molecule has 0 bridgehead atoms. The van der Waals surface area contributed by atoms with Crippen molar-refractivity contribution in [2.24, 2.45) is 0 Å². The summed E-state index contributed by atoms with van der Waals surface area (Å²) in [4.78, 5) is 6.55. The zero-order valence-corrected chi connectivity index (χ0v) is 17.2. The van der Waals surface area contributed by atoms with Gasteiger partial charge >= 0.3 is 0 Å². The van der Waals surface area contributed by atoms with Crippen LogP contribution in [0.3, 0.4) is 0 Å². The van der Waals surface area contributed by atoms with Crippen LogP contribution in [0, 0.1) is 12.7 Å². The first-order chi connectivity index (χ1) is 12.6. The number of ether oxygens (including phenoxy) is 1. The maximum Gasteiger partial charge on any atom is 0.299 e. The molecular formula is C20H23ClFN3OS. The first-order valence-electron chi connectivity index (χ1n) is 8.61. The Balaban J connectivity index is 0.00000261. The van der Waals surface area contributed by atoms with Crippen LogP contribution in [0.5, 0.6) is 10.9 Å². The van der Waals surface area contributed by atoms with E-state index in [1.54, 1.807) is 12.1 Å². The molecule has 2 aromatic carbocycles. The molecule has 144 valence electrons. The number of benzene rings is 2. The quantitative estimate of drug-likeness (QED) is 0.528. The highest BCUT2D eigenvalue weighted by atomic mass is 35.5. The summed E-state index contributed by atoms with van der Waals surface area (Å²) in [5.74, 6) is 0.397. The Morgan fingerprint density at radius 1 is 1.19 bits per heavy atom. The van der Waals surface area contributed by atoms with Gasteiger partial charge in [-0.2, -0.15) is 9.36 Å². The van der Waals surface area contributed by atoms with Crippen LogP contribution in [0.2, 0.25) is 0 Å². The molecular weight excluding hydrogens is 385 g/mol. The van der Waals surface area contributed by atoms with E-state index in [9.17, 15) is 4.39 Å². The molecule has 1 aromatic heterocycles. The highest BCUT2D eigenvalue weighted by Crippen LogP contribution is 2.30. The Morgan fingerprint density at radius 3 is 2.63 bits per heavy atom. The Morgan fingerprint density at radius 2 is 1.93 bits per heavy atom. The predicted molar refractivity (Wildman–Crippen MR) is 111 cm³/mol. The maximum atomic E-state index is 14.5. The second-order valence-electron chi connectivity index (χ2n) is 6.21. The largest absolute Gasteiger partial charge is 0.427 e. The molecule has 3 aromatic rings. The highest BCUT2D eigenvalue weighted by Gasteiger charge is 2.13. The molecule has 27 heavy (non-hydrogen) atoms. The van der Waals surface area contributed by atoms with E-state index >= 15 is 0 Å². The average molecular weight is 408 g/mol. The number of aryl methyl sites for hydroxylation is 1. The summed E-state index contributed by atoms with van der Waals surface area (Å²) in [6.45, 7) is 5.95. The third-order valence-corrected chi connectivity index (χ3v) is 4.92. The number of aromatic nitrogens is 2. The van der Waals surface area contributed by atoms with E-state index in [1.807, 2.05) is 37.3 Å². The number of rotatable bonds is 7. The van der Waals surface area contributed by atoms with Crippen LogP contribution in [0.15, 0.2) is 42.5 Å². The molecule has 0 saturated carbocycles. The maximum absolute atomic E-state index is 14.5. The van der Waals surface area contributed by atoms with Crippen molar-refractivity contribution in [1.82, 2.24) is 14.3 Å². The molecule has 0 aliphatic rings. The minimum Gasteiger partial charge on any atom is -0.427 e. The van der Waals surface area contributed by atoms with Gasteiger partial charge < -0.3 is 9.64 Å². The summed E-state index contributed by atoms with van der Waals surface area (Å²) in [5, 5.41) is 0.334. The summed E-state index contributed by atoms with van der Waals surface area (Å²) in [7, 11) is 2.06. The summed E-state index contributed by atoms with van der Waals surface area (Å²) in [6, 6.07) is 12.9. The Labute approximate surface area is 169 Å². The Kier molecular flexibility index (Phi) is 7.71. The number of hydrogen-bond donors (Lipinski definition) is 0. The summed E-state index contributed by atoms with van der Waals surface area (Å²) in [6.07, 6.45) is 0.810. The average Bonchev–Trinajstić information content (AvgIpc) is 3.12. The van der Waals surface area contributed by atoms with E-state index in [0.717, 1.165) is 47.7 Å². The van der Waals surface area contributed by atoms with E-state index in [4.69, 9.17) is 4.74 Å². The van der Waals surface area contributed by atoms with Crippen molar-refractivity contribution in [3.05, 3.63) is 59.4 Å². The van der Waals surface area contributed by atoms with Gasteiger partial charge in [-0.1, -0.05) is 37.3 Å². The molecule has 7 heteroatoms. The van der Waals surface area contributed by atoms with E-state index in [0.29, 0.717) is 11.0 Å². The molecule has 0 amide bonds. The van der Waals surface area contributed by atoms with Crippen LogP contribution >= 0.6 is 23.9 Å². The molecule has 0 aliphatic carbocycles. The van der Waals surface area contributed by atoms with Crippen LogP contribution in [0.1, 0.15) is 18.1 Å². The van der Waals surface area contributed by atoms with Gasteiger partial charge in [-0.15, -0.1) is 12.4 Å². The molecule has 3 rings (SSSR count). The SMILES string of the molecule is CCN(C)CCc1cc(F)c(Oc2nc(-c3ccccc3)ns2)cc1C.Cl. The van der Waals surface area contributed by atoms with Gasteiger partial charge in [0.25, 0.3) is 5.19 Å². The Bertz CT molecular complexity index is 873. The summed E-state index contributed by atoms with van der Waals surface area (Å²) < 4.78 is 24.4. The smallest absolute Gasteiger partial charge is 0.299 e. The molecule has 0 radical (unpaired) electrons. The third-order valence-electron chi connectivity index (χ3n) is 4.33. The van der Waals surface area contributed by atoms with Crippen LogP contribution in [0.4, 0.5) is 4.39 Å². The van der Waals surface area contributed by atoms with E-state index < -0.39 is 0 Å². The van der Waals surface area contributed by atoms with Gasteiger partial charge in [0.05, 0.1) is 0 Å². The number of halogens is 2. The molecule has 0 fully saturated rings. The zero-order chi connectivity index (χ0) is 18.5. The number of likely N-dealkylation sites (N-methyl/N-ethyl adjacent to an activating group) is 1. The lowest BCUT2D eigenvalue weighted by molar-refractivity contribution is 0.357. The van der Waals surface area contributed by atoms with Gasteiger partial charge in [0, 0.05) is 23.6 Å². The molecule has 0 spiro atoms. The van der Waals surface area contributed by atoms with Crippen LogP contribution in [-0.4, -0.2) is 34.4 Å². The first-order valence-corrected chi connectivity index (χ1v) is 9.38. The molecule has 0 N–H and O–H groups in total. The fourth-order valence-corrected chi connectivity index (χ4v) is 3.13. The van der Waals surface area contributed by atoms with Crippen molar-refractivity contribution >= 4 is 23.9 Å². The van der Waals surface area contributed by atoms with Gasteiger partial charge in [0.2, 0.25) is 0 Å². The fraction of sp³-hybridized carbons (Fsp3) is 0.300. The van der Waals surface area contributed by atoms with Crippen molar-refractivity contribution in [3.8, 4) is 22.3 Å². The third kappa shape index (κ3) is 5.48. The van der Waals surface area contributed by atoms with Crippen LogP contribution in [-0.2, 0) is 6.42 Å². The van der Waals surface area contributed by atoms with Gasteiger partial charge in [0.15, 0.2) is 17.4 Å². The zero-order valence-electron chi connectivity index (χ0n) is 15.6. The van der Waals surface area contributed by atoms with Crippen molar-refractivity contribution in [2.45, 2.75) is 20.3 Å². The van der Waals surface area contributed by atoms with Crippen LogP contribution in [0.25, 0.3) is 11.4 Å². The lowest BCUT2D eigenvalue weighted by atomic mass is 10.0. The van der Waals surface area contributed by atoms with Crippen molar-refractivity contribution < 1.29 is 9.13 Å². The molecule has 4 nitrogen and oxygen atoms in total. The normalized spacial score (nSPS) is 10.7. The van der Waals surface area contributed by atoms with Crippen LogP contribution < -0.4 is 4.74 Å². The topological polar surface area (TPSA) is 38.2 Å². The monoisotopic (exact) mass is 407 g/mol. The molecule has 0 unspecified atom stereocenters. The van der Waals surface area contributed by atoms with E-state index in [1.165, 1.54) is 0 Å². The van der Waals surface area contributed by atoms with Gasteiger partial charge in [0.1, 0.15) is 0 Å². The summed E-state index contributed by atoms with van der Waals surface area (Å²) >= 11 is 1.12. The van der Waals surface area contributed by atoms with Crippen molar-refractivity contribution in [2.75, 3.05) is 20.1 Å². The second kappa shape index (κ2) is 9.78. The molecule has 1 heterocycles. The number of nitrogens with zero attached hydrogens (tertiary/aromatic N) is 3. The molecule has 0 atom stereocenters. The van der Waals surface area contributed by atoms with E-state index in [2.05, 4.69) is 28.2 Å². The number of hydrogen-bond acceptors (Lipinski definition) is 5. The lowest BCUT2D eigenvalue weighted by Crippen LogP contribution is -2.20. The van der Waals surface area contributed by atoms with E-state index in [-0.39, 0.29) is 24.0 Å². The second-order valence-corrected chi connectivity index (χ2v) is 6.92. The standard InChI is InChI=1S/C20H22FN3OS.ClH/c1-4-24(3)11-10-16-13-17(21)18(12-14(16)2)25-20-22-19(23-26-20)15-8-6-5-7-9-15;/h5-9,12-13H,4,10-11H2,1-3H3;1H. The highest BCUT2D eigenvalue weighted by molar-refractivity contribution is 7.07. The minimum atomic E-state index is -0.374. The van der Waals surface area contributed by atoms with Gasteiger partial charge in [-0.25, -0.2) is 4.39 Å². The molecule has 0 aliphatic heterocycles. The first kappa shape index (κ1) is 21.3.